The Hall–Kier alpha value is -2.29. The van der Waals surface area contributed by atoms with Crippen LogP contribution in [0.15, 0.2) is 48.5 Å². The number of anilines is 2. The lowest BCUT2D eigenvalue weighted by molar-refractivity contribution is 0.443. The van der Waals surface area contributed by atoms with Crippen LogP contribution in [0.2, 0.25) is 0 Å². The molecule has 3 heteroatoms. The van der Waals surface area contributed by atoms with Gasteiger partial charge in [-0.2, -0.15) is 0 Å². The van der Waals surface area contributed by atoms with Gasteiger partial charge in [0, 0.05) is 11.4 Å². The van der Waals surface area contributed by atoms with Crippen LogP contribution < -0.4 is 10.6 Å². The third-order valence-corrected chi connectivity index (χ3v) is 6.70. The van der Waals surface area contributed by atoms with Gasteiger partial charge in [0.25, 0.3) is 0 Å². The summed E-state index contributed by atoms with van der Waals surface area (Å²) in [6.45, 7) is 0. The standard InChI is InChI=1S/C25H33N3/c26-25(27)28(23-15-11-21(12-16-23)19-7-3-1-4-8-19)24-17-13-22(14-18-24)20-9-5-2-6-10-20/h11-20H,1-10H2,(H3,26,27). The molecule has 0 saturated heterocycles. The van der Waals surface area contributed by atoms with Crippen molar-refractivity contribution in [1.29, 1.82) is 5.41 Å². The van der Waals surface area contributed by atoms with E-state index in [1.54, 1.807) is 0 Å². The summed E-state index contributed by atoms with van der Waals surface area (Å²) in [6.07, 6.45) is 13.4. The number of nitrogens with zero attached hydrogens (tertiary/aromatic N) is 1. The number of guanidine groups is 1. The third kappa shape index (κ3) is 4.24. The summed E-state index contributed by atoms with van der Waals surface area (Å²) in [6, 6.07) is 17.4. The maximum Gasteiger partial charge on any atom is 0.197 e. The Morgan fingerprint density at radius 1 is 0.643 bits per heavy atom. The van der Waals surface area contributed by atoms with E-state index < -0.39 is 0 Å². The van der Waals surface area contributed by atoms with Gasteiger partial charge in [-0.3, -0.25) is 10.3 Å². The Morgan fingerprint density at radius 2 is 1.00 bits per heavy atom. The molecule has 3 N–H and O–H groups in total. The lowest BCUT2D eigenvalue weighted by Crippen LogP contribution is -2.32. The van der Waals surface area contributed by atoms with Crippen LogP contribution >= 0.6 is 0 Å². The molecule has 28 heavy (non-hydrogen) atoms. The Kier molecular flexibility index (Phi) is 5.99. The van der Waals surface area contributed by atoms with E-state index in [9.17, 15) is 0 Å². The van der Waals surface area contributed by atoms with Crippen molar-refractivity contribution in [3.8, 4) is 0 Å². The molecule has 0 radical (unpaired) electrons. The van der Waals surface area contributed by atoms with Gasteiger partial charge in [0.15, 0.2) is 5.96 Å². The van der Waals surface area contributed by atoms with Crippen LogP contribution in [0.25, 0.3) is 0 Å². The molecule has 0 unspecified atom stereocenters. The van der Waals surface area contributed by atoms with Gasteiger partial charge in [-0.1, -0.05) is 62.8 Å². The molecule has 2 aliphatic carbocycles. The summed E-state index contributed by atoms with van der Waals surface area (Å²) in [5.74, 6) is 1.46. The monoisotopic (exact) mass is 375 g/mol. The quantitative estimate of drug-likeness (QED) is 0.455. The van der Waals surface area contributed by atoms with Gasteiger partial charge >= 0.3 is 0 Å². The fourth-order valence-corrected chi connectivity index (χ4v) is 5.09. The minimum atomic E-state index is 0.0656. The zero-order valence-electron chi connectivity index (χ0n) is 16.9. The summed E-state index contributed by atoms with van der Waals surface area (Å²) in [7, 11) is 0. The Balaban J connectivity index is 1.52. The molecule has 2 aromatic rings. The first-order valence-electron chi connectivity index (χ1n) is 11.1. The minimum absolute atomic E-state index is 0.0656. The first kappa shape index (κ1) is 19.0. The molecule has 0 spiro atoms. The molecular weight excluding hydrogens is 342 g/mol. The van der Waals surface area contributed by atoms with Gasteiger partial charge in [-0.25, -0.2) is 0 Å². The smallest absolute Gasteiger partial charge is 0.197 e. The van der Waals surface area contributed by atoms with Crippen molar-refractivity contribution in [3.05, 3.63) is 59.7 Å². The predicted octanol–water partition coefficient (Wildman–Crippen LogP) is 6.81. The highest BCUT2D eigenvalue weighted by atomic mass is 15.2. The fourth-order valence-electron chi connectivity index (χ4n) is 5.09. The van der Waals surface area contributed by atoms with Gasteiger partial charge in [0.1, 0.15) is 0 Å². The van der Waals surface area contributed by atoms with E-state index in [0.717, 1.165) is 11.4 Å². The van der Waals surface area contributed by atoms with Crippen LogP contribution in [-0.2, 0) is 0 Å². The summed E-state index contributed by atoms with van der Waals surface area (Å²) in [4.78, 5) is 1.84. The minimum Gasteiger partial charge on any atom is -0.369 e. The molecule has 0 atom stereocenters. The van der Waals surface area contributed by atoms with E-state index in [2.05, 4.69) is 48.5 Å². The molecular formula is C25H33N3. The first-order valence-corrected chi connectivity index (χ1v) is 11.1. The van der Waals surface area contributed by atoms with Crippen LogP contribution in [0, 0.1) is 5.41 Å². The van der Waals surface area contributed by atoms with E-state index >= 15 is 0 Å². The largest absolute Gasteiger partial charge is 0.369 e. The molecule has 0 heterocycles. The first-order chi connectivity index (χ1) is 13.7. The van der Waals surface area contributed by atoms with Crippen molar-refractivity contribution in [2.75, 3.05) is 4.90 Å². The van der Waals surface area contributed by atoms with Gasteiger partial charge in [0.2, 0.25) is 0 Å². The molecule has 0 amide bonds. The molecule has 148 valence electrons. The lowest BCUT2D eigenvalue weighted by atomic mass is 9.84. The molecule has 2 saturated carbocycles. The SMILES string of the molecule is N=C(N)N(c1ccc(C2CCCCC2)cc1)c1ccc(C2CCCCC2)cc1. The molecule has 2 aliphatic rings. The van der Waals surface area contributed by atoms with Gasteiger partial charge in [-0.05, 0) is 72.9 Å². The third-order valence-electron chi connectivity index (χ3n) is 6.70. The Bertz CT molecular complexity index is 705. The normalized spacial score (nSPS) is 18.7. The second-order valence-corrected chi connectivity index (χ2v) is 8.57. The average Bonchev–Trinajstić information content (AvgIpc) is 2.76. The Morgan fingerprint density at radius 3 is 1.32 bits per heavy atom. The highest BCUT2D eigenvalue weighted by molar-refractivity contribution is 5.99. The number of benzene rings is 2. The van der Waals surface area contributed by atoms with Crippen molar-refractivity contribution < 1.29 is 0 Å². The van der Waals surface area contributed by atoms with E-state index in [0.29, 0.717) is 11.8 Å². The van der Waals surface area contributed by atoms with Crippen molar-refractivity contribution >= 4 is 17.3 Å². The highest BCUT2D eigenvalue weighted by Gasteiger charge is 2.19. The zero-order chi connectivity index (χ0) is 19.3. The maximum absolute atomic E-state index is 8.13. The topological polar surface area (TPSA) is 53.1 Å². The van der Waals surface area contributed by atoms with Crippen molar-refractivity contribution in [2.45, 2.75) is 76.0 Å². The van der Waals surface area contributed by atoms with E-state index in [4.69, 9.17) is 11.1 Å². The highest BCUT2D eigenvalue weighted by Crippen LogP contribution is 2.36. The molecule has 0 aromatic heterocycles. The fraction of sp³-hybridized carbons (Fsp3) is 0.480. The second kappa shape index (κ2) is 8.81. The van der Waals surface area contributed by atoms with Crippen LogP contribution in [0.3, 0.4) is 0 Å². The summed E-state index contributed by atoms with van der Waals surface area (Å²) in [5, 5.41) is 8.13. The second-order valence-electron chi connectivity index (χ2n) is 8.57. The van der Waals surface area contributed by atoms with E-state index in [-0.39, 0.29) is 5.96 Å². The zero-order valence-corrected chi connectivity index (χ0v) is 16.9. The van der Waals surface area contributed by atoms with Crippen LogP contribution in [0.4, 0.5) is 11.4 Å². The van der Waals surface area contributed by atoms with Crippen molar-refractivity contribution in [3.63, 3.8) is 0 Å². The number of nitrogens with two attached hydrogens (primary N) is 1. The number of hydrogen-bond donors (Lipinski definition) is 2. The van der Waals surface area contributed by atoms with Gasteiger partial charge in [0.05, 0.1) is 0 Å². The molecule has 0 bridgehead atoms. The molecule has 0 aliphatic heterocycles. The summed E-state index contributed by atoms with van der Waals surface area (Å²) in [5.41, 5.74) is 10.8. The van der Waals surface area contributed by atoms with Gasteiger partial charge < -0.3 is 5.73 Å². The maximum atomic E-state index is 8.13. The molecule has 3 nitrogen and oxygen atoms in total. The molecule has 2 fully saturated rings. The molecule has 4 rings (SSSR count). The van der Waals surface area contributed by atoms with Crippen LogP contribution in [0.5, 0.6) is 0 Å². The van der Waals surface area contributed by atoms with Crippen LogP contribution in [-0.4, -0.2) is 5.96 Å². The average molecular weight is 376 g/mol. The molecule has 2 aromatic carbocycles. The summed E-state index contributed by atoms with van der Waals surface area (Å²) >= 11 is 0. The van der Waals surface area contributed by atoms with Gasteiger partial charge in [-0.15, -0.1) is 0 Å². The number of rotatable bonds is 4. The van der Waals surface area contributed by atoms with Crippen molar-refractivity contribution in [2.24, 2.45) is 5.73 Å². The van der Waals surface area contributed by atoms with Crippen LogP contribution in [0.1, 0.15) is 87.2 Å². The number of nitrogens with one attached hydrogen (secondary N) is 1. The number of hydrogen-bond acceptors (Lipinski definition) is 1. The Labute approximate surface area is 169 Å². The lowest BCUT2D eigenvalue weighted by Gasteiger charge is -2.26. The van der Waals surface area contributed by atoms with E-state index in [1.165, 1.54) is 75.3 Å². The van der Waals surface area contributed by atoms with E-state index in [1.807, 2.05) is 4.90 Å². The summed E-state index contributed by atoms with van der Waals surface area (Å²) < 4.78 is 0. The predicted molar refractivity (Wildman–Crippen MR) is 119 cm³/mol. The van der Waals surface area contributed by atoms with Crippen molar-refractivity contribution in [1.82, 2.24) is 0 Å².